The summed E-state index contributed by atoms with van der Waals surface area (Å²) in [5, 5.41) is 0.625. The molecule has 0 bridgehead atoms. The van der Waals surface area contributed by atoms with E-state index in [9.17, 15) is 8.42 Å². The molecular weight excluding hydrogens is 296 g/mol. The number of rotatable bonds is 3. The molecule has 0 radical (unpaired) electrons. The van der Waals surface area contributed by atoms with Gasteiger partial charge < -0.3 is 5.73 Å². The van der Waals surface area contributed by atoms with E-state index in [1.54, 1.807) is 36.4 Å². The van der Waals surface area contributed by atoms with Crippen molar-refractivity contribution in [2.75, 3.05) is 6.26 Å². The first-order chi connectivity index (χ1) is 9.36. The number of hydrogen-bond donors (Lipinski definition) is 1. The average Bonchev–Trinajstić information content (AvgIpc) is 2.40. The van der Waals surface area contributed by atoms with E-state index in [0.29, 0.717) is 22.1 Å². The Hall–Kier alpha value is -1.85. The number of amidine groups is 1. The number of hydrogen-bond acceptors (Lipinski definition) is 3. The van der Waals surface area contributed by atoms with Gasteiger partial charge in [-0.05, 0) is 48.5 Å². The maximum atomic E-state index is 11.4. The van der Waals surface area contributed by atoms with Crippen LogP contribution in [0, 0.1) is 0 Å². The van der Waals surface area contributed by atoms with Gasteiger partial charge in [0.2, 0.25) is 0 Å². The molecule has 2 aromatic carbocycles. The van der Waals surface area contributed by atoms with Gasteiger partial charge in [0, 0.05) is 16.8 Å². The first kappa shape index (κ1) is 14.6. The van der Waals surface area contributed by atoms with Crippen LogP contribution >= 0.6 is 11.6 Å². The summed E-state index contributed by atoms with van der Waals surface area (Å²) in [5.74, 6) is 0.312. The van der Waals surface area contributed by atoms with Crippen molar-refractivity contribution >= 4 is 33.0 Å². The zero-order valence-electron chi connectivity index (χ0n) is 10.7. The molecule has 104 valence electrons. The molecule has 0 saturated carbocycles. The van der Waals surface area contributed by atoms with Crippen LogP contribution in [0.3, 0.4) is 0 Å². The zero-order chi connectivity index (χ0) is 14.8. The summed E-state index contributed by atoms with van der Waals surface area (Å²) >= 11 is 5.79. The normalized spacial score (nSPS) is 12.4. The average molecular weight is 309 g/mol. The van der Waals surface area contributed by atoms with Crippen LogP contribution in [0.4, 0.5) is 5.69 Å². The summed E-state index contributed by atoms with van der Waals surface area (Å²) in [6.45, 7) is 0. The van der Waals surface area contributed by atoms with E-state index in [4.69, 9.17) is 17.3 Å². The molecule has 0 aliphatic heterocycles. The fourth-order valence-corrected chi connectivity index (χ4v) is 2.35. The number of aliphatic imine (C=N–C) groups is 1. The molecule has 2 N–H and O–H groups in total. The van der Waals surface area contributed by atoms with Gasteiger partial charge in [-0.1, -0.05) is 11.6 Å². The summed E-state index contributed by atoms with van der Waals surface area (Å²) in [7, 11) is -3.20. The van der Waals surface area contributed by atoms with Crippen LogP contribution in [0.2, 0.25) is 5.02 Å². The molecule has 0 atom stereocenters. The minimum atomic E-state index is -3.20. The molecule has 0 heterocycles. The Morgan fingerprint density at radius 2 is 1.60 bits per heavy atom. The van der Waals surface area contributed by atoms with Gasteiger partial charge >= 0.3 is 0 Å². The van der Waals surface area contributed by atoms with E-state index in [1.165, 1.54) is 12.1 Å². The standard InChI is InChI=1S/C14H13ClN2O2S/c1-20(18,19)13-8-2-10(3-9-13)14(16)17-12-6-4-11(15)5-7-12/h2-9H,1H3,(H2,16,17). The lowest BCUT2D eigenvalue weighted by molar-refractivity contribution is 0.602. The Labute approximate surface area is 122 Å². The highest BCUT2D eigenvalue weighted by molar-refractivity contribution is 7.90. The van der Waals surface area contributed by atoms with E-state index < -0.39 is 9.84 Å². The van der Waals surface area contributed by atoms with Gasteiger partial charge in [-0.3, -0.25) is 0 Å². The van der Waals surface area contributed by atoms with E-state index in [1.807, 2.05) is 0 Å². The molecule has 2 rings (SSSR count). The number of halogens is 1. The van der Waals surface area contributed by atoms with Gasteiger partial charge in [-0.25, -0.2) is 13.4 Å². The van der Waals surface area contributed by atoms with Crippen LogP contribution in [-0.4, -0.2) is 20.5 Å². The quantitative estimate of drug-likeness (QED) is 0.700. The van der Waals surface area contributed by atoms with Crippen LogP contribution in [0.25, 0.3) is 0 Å². The largest absolute Gasteiger partial charge is 0.383 e. The van der Waals surface area contributed by atoms with Gasteiger partial charge in [0.1, 0.15) is 5.84 Å². The van der Waals surface area contributed by atoms with E-state index in [0.717, 1.165) is 6.26 Å². The van der Waals surface area contributed by atoms with Gasteiger partial charge in [-0.15, -0.1) is 0 Å². The number of nitrogens with zero attached hydrogens (tertiary/aromatic N) is 1. The maximum Gasteiger partial charge on any atom is 0.175 e. The van der Waals surface area contributed by atoms with Crippen LogP contribution in [0.1, 0.15) is 5.56 Å². The molecule has 0 aromatic heterocycles. The first-order valence-corrected chi connectivity index (χ1v) is 8.03. The zero-order valence-corrected chi connectivity index (χ0v) is 12.3. The fourth-order valence-electron chi connectivity index (χ4n) is 1.59. The summed E-state index contributed by atoms with van der Waals surface area (Å²) in [5.41, 5.74) is 7.23. The van der Waals surface area contributed by atoms with Crippen molar-refractivity contribution in [3.05, 3.63) is 59.1 Å². The van der Waals surface area contributed by atoms with Crippen LogP contribution in [0.5, 0.6) is 0 Å². The van der Waals surface area contributed by atoms with Crippen molar-refractivity contribution < 1.29 is 8.42 Å². The highest BCUT2D eigenvalue weighted by atomic mass is 35.5. The Bertz CT molecular complexity index is 736. The maximum absolute atomic E-state index is 11.4. The third-order valence-corrected chi connectivity index (χ3v) is 4.03. The predicted molar refractivity (Wildman–Crippen MR) is 81.4 cm³/mol. The van der Waals surface area contributed by atoms with Crippen LogP contribution in [-0.2, 0) is 9.84 Å². The third-order valence-electron chi connectivity index (χ3n) is 2.65. The van der Waals surface area contributed by atoms with Crippen LogP contribution < -0.4 is 5.73 Å². The fraction of sp³-hybridized carbons (Fsp3) is 0.0714. The molecule has 0 saturated heterocycles. The Morgan fingerprint density at radius 3 is 2.10 bits per heavy atom. The molecule has 6 heteroatoms. The third kappa shape index (κ3) is 3.59. The Morgan fingerprint density at radius 1 is 1.05 bits per heavy atom. The van der Waals surface area contributed by atoms with Gasteiger partial charge in [0.15, 0.2) is 9.84 Å². The molecule has 20 heavy (non-hydrogen) atoms. The summed E-state index contributed by atoms with van der Waals surface area (Å²) < 4.78 is 22.7. The van der Waals surface area contributed by atoms with Crippen molar-refractivity contribution in [1.29, 1.82) is 0 Å². The van der Waals surface area contributed by atoms with Gasteiger partial charge in [-0.2, -0.15) is 0 Å². The molecule has 0 amide bonds. The highest BCUT2D eigenvalue weighted by Crippen LogP contribution is 2.17. The minimum absolute atomic E-state index is 0.251. The lowest BCUT2D eigenvalue weighted by Crippen LogP contribution is -2.12. The Balaban J connectivity index is 2.29. The molecule has 0 spiro atoms. The Kier molecular flexibility index (Phi) is 4.11. The van der Waals surface area contributed by atoms with Crippen LogP contribution in [0.15, 0.2) is 58.4 Å². The van der Waals surface area contributed by atoms with Crippen molar-refractivity contribution in [3.63, 3.8) is 0 Å². The number of benzene rings is 2. The second-order valence-corrected chi connectivity index (χ2v) is 6.72. The molecule has 2 aromatic rings. The lowest BCUT2D eigenvalue weighted by atomic mass is 10.2. The predicted octanol–water partition coefficient (Wildman–Crippen LogP) is 2.78. The minimum Gasteiger partial charge on any atom is -0.383 e. The second kappa shape index (κ2) is 5.64. The summed E-state index contributed by atoms with van der Waals surface area (Å²) in [4.78, 5) is 4.50. The molecule has 0 aliphatic carbocycles. The number of sulfone groups is 1. The van der Waals surface area contributed by atoms with Crippen molar-refractivity contribution in [2.45, 2.75) is 4.90 Å². The summed E-state index contributed by atoms with van der Waals surface area (Å²) in [6.07, 6.45) is 1.16. The van der Waals surface area contributed by atoms with E-state index in [-0.39, 0.29) is 4.90 Å². The topological polar surface area (TPSA) is 72.5 Å². The SMILES string of the molecule is CS(=O)(=O)c1ccc(C(N)=Nc2ccc(Cl)cc2)cc1. The molecule has 0 unspecified atom stereocenters. The molecule has 0 aliphatic rings. The van der Waals surface area contributed by atoms with Gasteiger partial charge in [0.05, 0.1) is 10.6 Å². The lowest BCUT2D eigenvalue weighted by Gasteiger charge is -2.03. The van der Waals surface area contributed by atoms with E-state index >= 15 is 0 Å². The molecule has 0 fully saturated rings. The number of nitrogens with two attached hydrogens (primary N) is 1. The van der Waals surface area contributed by atoms with Crippen molar-refractivity contribution in [1.82, 2.24) is 0 Å². The smallest absolute Gasteiger partial charge is 0.175 e. The monoisotopic (exact) mass is 308 g/mol. The second-order valence-electron chi connectivity index (χ2n) is 4.27. The van der Waals surface area contributed by atoms with Gasteiger partial charge in [0.25, 0.3) is 0 Å². The molecular formula is C14H13ClN2O2S. The van der Waals surface area contributed by atoms with E-state index in [2.05, 4.69) is 4.99 Å². The molecule has 4 nitrogen and oxygen atoms in total. The van der Waals surface area contributed by atoms with Crippen molar-refractivity contribution in [3.8, 4) is 0 Å². The highest BCUT2D eigenvalue weighted by Gasteiger charge is 2.07. The first-order valence-electron chi connectivity index (χ1n) is 5.76. The summed E-state index contributed by atoms with van der Waals surface area (Å²) in [6, 6.07) is 13.2. The van der Waals surface area contributed by atoms with Crippen molar-refractivity contribution in [2.24, 2.45) is 10.7 Å².